The molecule has 3 aromatic rings. The Morgan fingerprint density at radius 1 is 1.00 bits per heavy atom. The Morgan fingerprint density at radius 3 is 2.40 bits per heavy atom. The van der Waals surface area contributed by atoms with Crippen LogP contribution >= 0.6 is 0 Å². The number of ether oxygens (including phenoxy) is 2. The van der Waals surface area contributed by atoms with Crippen molar-refractivity contribution < 1.29 is 18.7 Å². The molecule has 0 radical (unpaired) electrons. The van der Waals surface area contributed by atoms with Gasteiger partial charge in [0, 0.05) is 6.07 Å². The minimum absolute atomic E-state index is 0.0136. The van der Waals surface area contributed by atoms with Gasteiger partial charge in [-0.05, 0) is 49.6 Å². The van der Waals surface area contributed by atoms with Crippen LogP contribution in [0.25, 0.3) is 11.0 Å². The van der Waals surface area contributed by atoms with Gasteiger partial charge in [0.25, 0.3) is 5.91 Å². The van der Waals surface area contributed by atoms with Crippen LogP contribution in [-0.4, -0.2) is 19.1 Å². The highest BCUT2D eigenvalue weighted by atomic mass is 16.5. The van der Waals surface area contributed by atoms with Crippen LogP contribution in [0.2, 0.25) is 0 Å². The summed E-state index contributed by atoms with van der Waals surface area (Å²) in [4.78, 5) is 25.2. The number of rotatable bonds is 8. The second kappa shape index (κ2) is 9.48. The van der Waals surface area contributed by atoms with Gasteiger partial charge in [-0.2, -0.15) is 0 Å². The maximum atomic E-state index is 12.9. The van der Waals surface area contributed by atoms with Gasteiger partial charge in [0.2, 0.25) is 0 Å². The van der Waals surface area contributed by atoms with Crippen LogP contribution in [0.1, 0.15) is 49.9 Å². The first-order valence-electron chi connectivity index (χ1n) is 10.2. The molecule has 1 atom stereocenters. The Bertz CT molecular complexity index is 1090. The van der Waals surface area contributed by atoms with Crippen molar-refractivity contribution in [2.75, 3.05) is 13.2 Å². The van der Waals surface area contributed by atoms with Crippen LogP contribution < -0.4 is 20.2 Å². The molecular formula is C24H27NO5. The van der Waals surface area contributed by atoms with Crippen molar-refractivity contribution >= 4 is 16.9 Å². The van der Waals surface area contributed by atoms with Crippen molar-refractivity contribution in [1.29, 1.82) is 0 Å². The van der Waals surface area contributed by atoms with Crippen molar-refractivity contribution in [3.05, 3.63) is 70.1 Å². The van der Waals surface area contributed by atoms with E-state index in [2.05, 4.69) is 5.32 Å². The van der Waals surface area contributed by atoms with Crippen molar-refractivity contribution in [2.45, 2.75) is 33.7 Å². The standard InChI is InChI=1S/C24H27NO5/c1-5-28-20-12-11-16(13-21(20)29-6-2)23(15(3)4)25-24(27)22-14-18(26)17-9-7-8-10-19(17)30-22/h7-15,23H,5-6H2,1-4H3,(H,25,27). The molecule has 6 heteroatoms. The lowest BCUT2D eigenvalue weighted by molar-refractivity contribution is 0.0898. The molecule has 158 valence electrons. The van der Waals surface area contributed by atoms with Gasteiger partial charge in [-0.15, -0.1) is 0 Å². The van der Waals surface area contributed by atoms with Gasteiger partial charge in [-0.3, -0.25) is 9.59 Å². The highest BCUT2D eigenvalue weighted by Crippen LogP contribution is 2.33. The Labute approximate surface area is 175 Å². The molecule has 1 N–H and O–H groups in total. The van der Waals surface area contributed by atoms with Crippen LogP contribution in [-0.2, 0) is 0 Å². The largest absolute Gasteiger partial charge is 0.490 e. The zero-order chi connectivity index (χ0) is 21.7. The maximum absolute atomic E-state index is 12.9. The molecule has 0 saturated heterocycles. The van der Waals surface area contributed by atoms with Crippen LogP contribution in [0.5, 0.6) is 11.5 Å². The number of carbonyl (C=O) groups is 1. The van der Waals surface area contributed by atoms with E-state index in [1.807, 2.05) is 45.9 Å². The SMILES string of the molecule is CCOc1ccc(C(NC(=O)c2cc(=O)c3ccccc3o2)C(C)C)cc1OCC. The molecule has 2 aromatic carbocycles. The summed E-state index contributed by atoms with van der Waals surface area (Å²) in [5.41, 5.74) is 1.02. The third-order valence-corrected chi connectivity index (χ3v) is 4.74. The molecule has 1 amide bonds. The molecular weight excluding hydrogens is 382 g/mol. The molecule has 1 unspecified atom stereocenters. The molecule has 0 saturated carbocycles. The molecule has 6 nitrogen and oxygen atoms in total. The summed E-state index contributed by atoms with van der Waals surface area (Å²) in [5, 5.41) is 3.44. The highest BCUT2D eigenvalue weighted by molar-refractivity contribution is 5.93. The summed E-state index contributed by atoms with van der Waals surface area (Å²) in [6.45, 7) is 8.88. The number of hydrogen-bond acceptors (Lipinski definition) is 5. The minimum atomic E-state index is -0.441. The number of amides is 1. The fourth-order valence-corrected chi connectivity index (χ4v) is 3.32. The molecule has 0 aliphatic heterocycles. The average Bonchev–Trinajstić information content (AvgIpc) is 2.73. The summed E-state index contributed by atoms with van der Waals surface area (Å²) < 4.78 is 17.0. The Morgan fingerprint density at radius 2 is 1.70 bits per heavy atom. The molecule has 0 aliphatic carbocycles. The Balaban J connectivity index is 1.91. The fraction of sp³-hybridized carbons (Fsp3) is 0.333. The molecule has 0 fully saturated rings. The third-order valence-electron chi connectivity index (χ3n) is 4.74. The topological polar surface area (TPSA) is 77.8 Å². The normalized spacial score (nSPS) is 12.0. The smallest absolute Gasteiger partial charge is 0.287 e. The van der Waals surface area contributed by atoms with Crippen molar-refractivity contribution in [3.8, 4) is 11.5 Å². The quantitative estimate of drug-likeness (QED) is 0.583. The van der Waals surface area contributed by atoms with Gasteiger partial charge in [0.1, 0.15) is 5.58 Å². The summed E-state index contributed by atoms with van der Waals surface area (Å²) in [7, 11) is 0. The number of carbonyl (C=O) groups excluding carboxylic acids is 1. The van der Waals surface area contributed by atoms with E-state index in [0.717, 1.165) is 5.56 Å². The predicted molar refractivity (Wildman–Crippen MR) is 116 cm³/mol. The van der Waals surface area contributed by atoms with Crippen LogP contribution in [0.15, 0.2) is 57.7 Å². The molecule has 0 aliphatic rings. The zero-order valence-corrected chi connectivity index (χ0v) is 17.7. The number of para-hydroxylation sites is 1. The molecule has 1 heterocycles. The maximum Gasteiger partial charge on any atom is 0.287 e. The van der Waals surface area contributed by atoms with E-state index in [1.54, 1.807) is 24.3 Å². The van der Waals surface area contributed by atoms with Crippen LogP contribution in [0.3, 0.4) is 0 Å². The van der Waals surface area contributed by atoms with Crippen molar-refractivity contribution in [1.82, 2.24) is 5.32 Å². The van der Waals surface area contributed by atoms with Gasteiger partial charge in [-0.25, -0.2) is 0 Å². The molecule has 3 rings (SSSR count). The van der Waals surface area contributed by atoms with Gasteiger partial charge < -0.3 is 19.2 Å². The van der Waals surface area contributed by atoms with Gasteiger partial charge in [-0.1, -0.05) is 32.0 Å². The van der Waals surface area contributed by atoms with E-state index in [-0.39, 0.29) is 23.1 Å². The Hall–Kier alpha value is -3.28. The lowest BCUT2D eigenvalue weighted by Gasteiger charge is -2.24. The van der Waals surface area contributed by atoms with E-state index in [1.165, 1.54) is 6.07 Å². The first-order chi connectivity index (χ1) is 14.4. The van der Waals surface area contributed by atoms with Gasteiger partial charge >= 0.3 is 0 Å². The third kappa shape index (κ3) is 4.64. The van der Waals surface area contributed by atoms with Crippen molar-refractivity contribution in [2.24, 2.45) is 5.92 Å². The molecule has 0 spiro atoms. The monoisotopic (exact) mass is 409 g/mol. The second-order valence-corrected chi connectivity index (χ2v) is 7.24. The fourth-order valence-electron chi connectivity index (χ4n) is 3.32. The predicted octanol–water partition coefficient (Wildman–Crippen LogP) is 4.72. The van der Waals surface area contributed by atoms with Crippen molar-refractivity contribution in [3.63, 3.8) is 0 Å². The molecule has 1 aromatic heterocycles. The first kappa shape index (κ1) is 21.4. The zero-order valence-electron chi connectivity index (χ0n) is 17.7. The average molecular weight is 409 g/mol. The van der Waals surface area contributed by atoms with Crippen LogP contribution in [0.4, 0.5) is 0 Å². The Kier molecular flexibility index (Phi) is 6.77. The van der Waals surface area contributed by atoms with Gasteiger partial charge in [0.05, 0.1) is 24.6 Å². The summed E-state index contributed by atoms with van der Waals surface area (Å²) in [5.74, 6) is 0.934. The number of nitrogens with one attached hydrogen (secondary N) is 1. The number of fused-ring (bicyclic) bond motifs is 1. The van der Waals surface area contributed by atoms with E-state index < -0.39 is 5.91 Å². The highest BCUT2D eigenvalue weighted by Gasteiger charge is 2.22. The van der Waals surface area contributed by atoms with E-state index in [4.69, 9.17) is 13.9 Å². The van der Waals surface area contributed by atoms with Crippen LogP contribution in [0, 0.1) is 5.92 Å². The lowest BCUT2D eigenvalue weighted by Crippen LogP contribution is -2.32. The minimum Gasteiger partial charge on any atom is -0.490 e. The summed E-state index contributed by atoms with van der Waals surface area (Å²) in [6, 6.07) is 13.5. The summed E-state index contributed by atoms with van der Waals surface area (Å²) in [6.07, 6.45) is 0. The number of hydrogen-bond donors (Lipinski definition) is 1. The van der Waals surface area contributed by atoms with E-state index in [0.29, 0.717) is 35.7 Å². The second-order valence-electron chi connectivity index (χ2n) is 7.24. The molecule has 30 heavy (non-hydrogen) atoms. The molecule has 0 bridgehead atoms. The van der Waals surface area contributed by atoms with E-state index in [9.17, 15) is 9.59 Å². The van der Waals surface area contributed by atoms with E-state index >= 15 is 0 Å². The van der Waals surface area contributed by atoms with Gasteiger partial charge in [0.15, 0.2) is 22.7 Å². The lowest BCUT2D eigenvalue weighted by atomic mass is 9.95. The summed E-state index contributed by atoms with van der Waals surface area (Å²) >= 11 is 0. The number of benzene rings is 2. The first-order valence-corrected chi connectivity index (χ1v) is 10.2.